The molecule has 1 aliphatic heterocycles. The van der Waals surface area contributed by atoms with E-state index in [0.717, 1.165) is 39.1 Å². The maximum Gasteiger partial charge on any atom is 0.340 e. The third kappa shape index (κ3) is 4.16. The van der Waals surface area contributed by atoms with E-state index in [0.29, 0.717) is 36.3 Å². The van der Waals surface area contributed by atoms with Gasteiger partial charge in [-0.1, -0.05) is 42.5 Å². The first-order valence-electron chi connectivity index (χ1n) is 11.7. The molecule has 0 amide bonds. The summed E-state index contributed by atoms with van der Waals surface area (Å²) in [7, 11) is 0. The third-order valence-electron chi connectivity index (χ3n) is 6.52. The average Bonchev–Trinajstić information content (AvgIpc) is 2.88. The summed E-state index contributed by atoms with van der Waals surface area (Å²) in [6.45, 7) is 6.82. The molecule has 0 saturated heterocycles. The van der Waals surface area contributed by atoms with Gasteiger partial charge in [-0.15, -0.1) is 0 Å². The van der Waals surface area contributed by atoms with Gasteiger partial charge in [0.15, 0.2) is 6.73 Å². The van der Waals surface area contributed by atoms with Crippen molar-refractivity contribution in [3.8, 4) is 5.75 Å². The predicted octanol–water partition coefficient (Wildman–Crippen LogP) is 5.53. The van der Waals surface area contributed by atoms with Crippen molar-refractivity contribution in [2.75, 3.05) is 18.2 Å². The fraction of sp³-hybridized carbons (Fsp3) is 0.241. The van der Waals surface area contributed by atoms with E-state index in [1.54, 1.807) is 13.0 Å². The molecule has 35 heavy (non-hydrogen) atoms. The van der Waals surface area contributed by atoms with E-state index in [-0.39, 0.29) is 18.3 Å². The molecule has 6 heteroatoms. The lowest BCUT2D eigenvalue weighted by Crippen LogP contribution is -2.33. The van der Waals surface area contributed by atoms with Gasteiger partial charge in [-0.25, -0.2) is 9.59 Å². The highest BCUT2D eigenvalue weighted by Gasteiger charge is 2.26. The number of aryl methyl sites for hydroxylation is 2. The first-order chi connectivity index (χ1) is 17.0. The summed E-state index contributed by atoms with van der Waals surface area (Å²) in [6, 6.07) is 19.3. The number of nitrogens with zero attached hydrogens (tertiary/aromatic N) is 1. The molecule has 0 fully saturated rings. The lowest BCUT2D eigenvalue weighted by atomic mass is 9.96. The summed E-state index contributed by atoms with van der Waals surface area (Å²) in [4.78, 5) is 27.4. The highest BCUT2D eigenvalue weighted by atomic mass is 16.5. The zero-order valence-corrected chi connectivity index (χ0v) is 20.1. The molecule has 1 aromatic heterocycles. The topological polar surface area (TPSA) is 69.0 Å². The van der Waals surface area contributed by atoms with Crippen molar-refractivity contribution in [1.82, 2.24) is 0 Å². The Balaban J connectivity index is 1.56. The Kier molecular flexibility index (Phi) is 6.03. The second-order valence-electron chi connectivity index (χ2n) is 8.73. The second-order valence-corrected chi connectivity index (χ2v) is 8.73. The minimum Gasteiger partial charge on any atom is -0.472 e. The summed E-state index contributed by atoms with van der Waals surface area (Å²) >= 11 is 0. The van der Waals surface area contributed by atoms with E-state index < -0.39 is 0 Å². The van der Waals surface area contributed by atoms with Crippen molar-refractivity contribution in [3.05, 3.63) is 104 Å². The summed E-state index contributed by atoms with van der Waals surface area (Å²) in [5, 5.41) is 0.899. The third-order valence-corrected chi connectivity index (χ3v) is 6.52. The minimum atomic E-state index is -0.355. The number of carbonyl (C=O) groups excluding carboxylic acids is 1. The zero-order chi connectivity index (χ0) is 24.5. The van der Waals surface area contributed by atoms with Crippen LogP contribution in [0.4, 0.5) is 5.69 Å². The molecule has 0 bridgehead atoms. The van der Waals surface area contributed by atoms with Gasteiger partial charge >= 0.3 is 11.6 Å². The number of para-hydroxylation sites is 1. The van der Waals surface area contributed by atoms with Crippen LogP contribution in [0.3, 0.4) is 0 Å². The number of fused-ring (bicyclic) bond motifs is 2. The van der Waals surface area contributed by atoms with Crippen LogP contribution in [-0.2, 0) is 17.7 Å². The highest BCUT2D eigenvalue weighted by Crippen LogP contribution is 2.38. The largest absolute Gasteiger partial charge is 0.472 e. The lowest BCUT2D eigenvalue weighted by Gasteiger charge is -2.33. The van der Waals surface area contributed by atoms with Crippen LogP contribution in [0.15, 0.2) is 69.9 Å². The molecule has 178 valence electrons. The molecule has 0 aliphatic carbocycles. The van der Waals surface area contributed by atoms with Crippen LogP contribution in [0.5, 0.6) is 5.75 Å². The Morgan fingerprint density at radius 2 is 1.77 bits per heavy atom. The number of esters is 1. The van der Waals surface area contributed by atoms with Crippen LogP contribution in [0.1, 0.15) is 45.1 Å². The van der Waals surface area contributed by atoms with Gasteiger partial charge in [-0.2, -0.15) is 0 Å². The molecule has 0 unspecified atom stereocenters. The Morgan fingerprint density at radius 3 is 2.54 bits per heavy atom. The Hall–Kier alpha value is -4.06. The number of anilines is 1. The normalized spacial score (nSPS) is 12.8. The number of hydrogen-bond acceptors (Lipinski definition) is 6. The summed E-state index contributed by atoms with van der Waals surface area (Å²) < 4.78 is 17.2. The monoisotopic (exact) mass is 469 g/mol. The predicted molar refractivity (Wildman–Crippen MR) is 135 cm³/mol. The van der Waals surface area contributed by atoms with Crippen LogP contribution < -0.4 is 15.3 Å². The standard InChI is InChI=1S/C29H27NO5/c1-4-33-28(31)22-12-8-9-13-25(22)30-16-21-15-23-18(2)24(14-20-10-6-5-7-11-20)29(32)35-27(23)19(3)26(21)34-17-30/h5-13,15H,4,14,16-17H2,1-3H3. The van der Waals surface area contributed by atoms with Gasteiger partial charge in [0.2, 0.25) is 0 Å². The first kappa shape index (κ1) is 22.7. The van der Waals surface area contributed by atoms with Crippen molar-refractivity contribution < 1.29 is 18.7 Å². The van der Waals surface area contributed by atoms with Crippen molar-refractivity contribution in [2.45, 2.75) is 33.7 Å². The molecule has 4 aromatic rings. The molecular formula is C29H27NO5. The number of benzene rings is 3. The molecular weight excluding hydrogens is 442 g/mol. The van der Waals surface area contributed by atoms with Crippen LogP contribution >= 0.6 is 0 Å². The number of ether oxygens (including phenoxy) is 2. The van der Waals surface area contributed by atoms with E-state index >= 15 is 0 Å². The van der Waals surface area contributed by atoms with Crippen molar-refractivity contribution >= 4 is 22.6 Å². The van der Waals surface area contributed by atoms with Gasteiger partial charge in [0.05, 0.1) is 17.9 Å². The maximum absolute atomic E-state index is 12.9. The Labute approximate surface area is 203 Å². The van der Waals surface area contributed by atoms with Crippen molar-refractivity contribution in [3.63, 3.8) is 0 Å². The number of rotatable bonds is 5. The van der Waals surface area contributed by atoms with Crippen molar-refractivity contribution in [1.29, 1.82) is 0 Å². The van der Waals surface area contributed by atoms with E-state index in [9.17, 15) is 9.59 Å². The molecule has 0 saturated carbocycles. The minimum absolute atomic E-state index is 0.269. The van der Waals surface area contributed by atoms with Gasteiger partial charge in [0, 0.05) is 35.0 Å². The maximum atomic E-state index is 12.9. The molecule has 0 atom stereocenters. The molecule has 1 aliphatic rings. The van der Waals surface area contributed by atoms with E-state index in [2.05, 4.69) is 0 Å². The zero-order valence-electron chi connectivity index (χ0n) is 20.1. The van der Waals surface area contributed by atoms with E-state index in [1.165, 1.54) is 0 Å². The van der Waals surface area contributed by atoms with Gasteiger partial charge in [0.1, 0.15) is 11.3 Å². The van der Waals surface area contributed by atoms with Crippen LogP contribution in [-0.4, -0.2) is 19.3 Å². The molecule has 0 N–H and O–H groups in total. The first-order valence-corrected chi connectivity index (χ1v) is 11.7. The van der Waals surface area contributed by atoms with Crippen LogP contribution in [0.25, 0.3) is 11.0 Å². The van der Waals surface area contributed by atoms with Crippen molar-refractivity contribution in [2.24, 2.45) is 0 Å². The van der Waals surface area contributed by atoms with Gasteiger partial charge in [-0.05, 0) is 50.1 Å². The molecule has 0 radical (unpaired) electrons. The van der Waals surface area contributed by atoms with Gasteiger partial charge in [-0.3, -0.25) is 0 Å². The SMILES string of the molecule is CCOC(=O)c1ccccc1N1COc2c(cc3c(C)c(Cc4ccccc4)c(=O)oc3c2C)C1. The second kappa shape index (κ2) is 9.29. The number of carbonyl (C=O) groups is 1. The Morgan fingerprint density at radius 1 is 1.03 bits per heavy atom. The quantitative estimate of drug-likeness (QED) is 0.283. The van der Waals surface area contributed by atoms with Crippen LogP contribution in [0.2, 0.25) is 0 Å². The molecule has 0 spiro atoms. The highest BCUT2D eigenvalue weighted by molar-refractivity contribution is 5.96. The lowest BCUT2D eigenvalue weighted by molar-refractivity contribution is 0.0527. The van der Waals surface area contributed by atoms with Crippen LogP contribution in [0, 0.1) is 13.8 Å². The van der Waals surface area contributed by atoms with Gasteiger partial charge < -0.3 is 18.8 Å². The average molecular weight is 470 g/mol. The summed E-state index contributed by atoms with van der Waals surface area (Å²) in [5.74, 6) is 0.368. The fourth-order valence-electron chi connectivity index (χ4n) is 4.73. The number of hydrogen-bond donors (Lipinski definition) is 0. The molecule has 3 aromatic carbocycles. The van der Waals surface area contributed by atoms with Gasteiger partial charge in [0.25, 0.3) is 0 Å². The van der Waals surface area contributed by atoms with E-state index in [4.69, 9.17) is 13.9 Å². The molecule has 2 heterocycles. The summed E-state index contributed by atoms with van der Waals surface area (Å²) in [5.41, 5.74) is 5.92. The summed E-state index contributed by atoms with van der Waals surface area (Å²) in [6.07, 6.45) is 0.511. The molecule has 6 nitrogen and oxygen atoms in total. The Bertz CT molecular complexity index is 1470. The fourth-order valence-corrected chi connectivity index (χ4v) is 4.73. The van der Waals surface area contributed by atoms with E-state index in [1.807, 2.05) is 73.3 Å². The molecule has 5 rings (SSSR count). The smallest absolute Gasteiger partial charge is 0.340 e.